The van der Waals surface area contributed by atoms with E-state index in [9.17, 15) is 4.39 Å². The fraction of sp³-hybridized carbons (Fsp3) is 0.0526. The number of nitrogens with zero attached hydrogens (tertiary/aromatic N) is 3. The molecule has 2 aromatic heterocycles. The Morgan fingerprint density at radius 3 is 2.42 bits per heavy atom. The van der Waals surface area contributed by atoms with E-state index in [0.29, 0.717) is 0 Å². The molecule has 1 aromatic carbocycles. The van der Waals surface area contributed by atoms with Crippen molar-refractivity contribution in [1.29, 1.82) is 0 Å². The topological polar surface area (TPSA) is 30.7 Å². The molecule has 0 atom stereocenters. The minimum Gasteiger partial charge on any atom is -0.265 e. The number of benzene rings is 1. The molecule has 0 amide bonds. The maximum absolute atomic E-state index is 13.3. The SMILES string of the molecule is C=C/C=C\c1c(-c2ccncc2)c(-c2ccc(F)cc2)nn1SC. The van der Waals surface area contributed by atoms with Crippen LogP contribution in [0.4, 0.5) is 4.39 Å². The van der Waals surface area contributed by atoms with Crippen molar-refractivity contribution in [1.82, 2.24) is 14.2 Å². The van der Waals surface area contributed by atoms with Gasteiger partial charge in [0.05, 0.1) is 5.69 Å². The van der Waals surface area contributed by atoms with Gasteiger partial charge in [-0.3, -0.25) is 4.98 Å². The Morgan fingerprint density at radius 1 is 1.08 bits per heavy atom. The lowest BCUT2D eigenvalue weighted by Gasteiger charge is -2.05. The zero-order chi connectivity index (χ0) is 16.9. The van der Waals surface area contributed by atoms with Gasteiger partial charge in [-0.25, -0.2) is 8.48 Å². The first-order valence-electron chi connectivity index (χ1n) is 7.37. The van der Waals surface area contributed by atoms with Gasteiger partial charge in [0.2, 0.25) is 0 Å². The molecule has 3 nitrogen and oxygen atoms in total. The lowest BCUT2D eigenvalue weighted by Crippen LogP contribution is -1.91. The van der Waals surface area contributed by atoms with E-state index in [0.717, 1.165) is 28.1 Å². The summed E-state index contributed by atoms with van der Waals surface area (Å²) in [5.41, 5.74) is 4.61. The third-order valence-electron chi connectivity index (χ3n) is 3.54. The van der Waals surface area contributed by atoms with E-state index in [-0.39, 0.29) is 5.82 Å². The molecular formula is C19H16FN3S. The van der Waals surface area contributed by atoms with Crippen molar-refractivity contribution < 1.29 is 4.39 Å². The molecule has 0 bridgehead atoms. The van der Waals surface area contributed by atoms with Crippen LogP contribution in [0, 0.1) is 5.82 Å². The predicted molar refractivity (Wildman–Crippen MR) is 99.0 cm³/mol. The summed E-state index contributed by atoms with van der Waals surface area (Å²) < 4.78 is 15.1. The smallest absolute Gasteiger partial charge is 0.123 e. The standard InChI is InChI=1S/C19H16FN3S/c1-3-4-5-17-18(14-10-12-21-13-11-14)19(22-23(17)24-2)15-6-8-16(20)9-7-15/h3-13H,1H2,2H3/b5-4-. The van der Waals surface area contributed by atoms with Crippen molar-refractivity contribution in [3.05, 3.63) is 79.0 Å². The maximum Gasteiger partial charge on any atom is 0.123 e. The van der Waals surface area contributed by atoms with Crippen LogP contribution < -0.4 is 0 Å². The van der Waals surface area contributed by atoms with Crippen LogP contribution in [-0.4, -0.2) is 20.4 Å². The highest BCUT2D eigenvalue weighted by atomic mass is 32.2. The quantitative estimate of drug-likeness (QED) is 0.609. The first kappa shape index (κ1) is 16.2. The van der Waals surface area contributed by atoms with Gasteiger partial charge in [-0.05, 0) is 60.0 Å². The molecule has 0 spiro atoms. The molecule has 3 rings (SSSR count). The molecule has 0 fully saturated rings. The first-order chi connectivity index (χ1) is 11.7. The van der Waals surface area contributed by atoms with Crippen LogP contribution in [-0.2, 0) is 0 Å². The number of hydrogen-bond donors (Lipinski definition) is 0. The molecule has 0 radical (unpaired) electrons. The monoisotopic (exact) mass is 337 g/mol. The van der Waals surface area contributed by atoms with E-state index < -0.39 is 0 Å². The van der Waals surface area contributed by atoms with Crippen LogP contribution in [0.1, 0.15) is 5.69 Å². The molecule has 0 saturated heterocycles. The van der Waals surface area contributed by atoms with E-state index >= 15 is 0 Å². The maximum atomic E-state index is 13.3. The second-order valence-corrected chi connectivity index (χ2v) is 5.71. The van der Waals surface area contributed by atoms with Crippen LogP contribution in [0.3, 0.4) is 0 Å². The van der Waals surface area contributed by atoms with Gasteiger partial charge in [0.1, 0.15) is 11.5 Å². The van der Waals surface area contributed by atoms with E-state index in [1.165, 1.54) is 24.1 Å². The molecule has 120 valence electrons. The zero-order valence-corrected chi connectivity index (χ0v) is 14.0. The van der Waals surface area contributed by atoms with Gasteiger partial charge >= 0.3 is 0 Å². The van der Waals surface area contributed by atoms with Crippen LogP contribution in [0.25, 0.3) is 28.5 Å². The predicted octanol–water partition coefficient (Wildman–Crippen LogP) is 5.08. The molecule has 0 N–H and O–H groups in total. The summed E-state index contributed by atoms with van der Waals surface area (Å²) in [7, 11) is 0. The third kappa shape index (κ3) is 3.16. The first-order valence-corrected chi connectivity index (χ1v) is 8.55. The Kier molecular flexibility index (Phi) is 4.91. The van der Waals surface area contributed by atoms with Gasteiger partial charge in [-0.15, -0.1) is 0 Å². The summed E-state index contributed by atoms with van der Waals surface area (Å²) in [6, 6.07) is 10.3. The second-order valence-electron chi connectivity index (χ2n) is 5.00. The third-order valence-corrected chi connectivity index (χ3v) is 4.16. The molecule has 5 heteroatoms. The summed E-state index contributed by atoms with van der Waals surface area (Å²) in [4.78, 5) is 4.09. The largest absolute Gasteiger partial charge is 0.265 e. The van der Waals surface area contributed by atoms with Gasteiger partial charge in [-0.1, -0.05) is 18.7 Å². The Bertz CT molecular complexity index is 868. The number of rotatable bonds is 5. The van der Waals surface area contributed by atoms with Crippen LogP contribution in [0.5, 0.6) is 0 Å². The highest BCUT2D eigenvalue weighted by molar-refractivity contribution is 7.97. The number of allylic oxidation sites excluding steroid dienone is 2. The summed E-state index contributed by atoms with van der Waals surface area (Å²) in [6.07, 6.45) is 11.0. The van der Waals surface area contributed by atoms with Crippen molar-refractivity contribution in [2.24, 2.45) is 0 Å². The van der Waals surface area contributed by atoms with Gasteiger partial charge in [0, 0.05) is 29.8 Å². The minimum atomic E-state index is -0.264. The molecule has 0 aliphatic carbocycles. The van der Waals surface area contributed by atoms with Gasteiger partial charge in [-0.2, -0.15) is 5.10 Å². The molecule has 0 saturated carbocycles. The average Bonchev–Trinajstić information content (AvgIpc) is 2.99. The van der Waals surface area contributed by atoms with Gasteiger partial charge < -0.3 is 0 Å². The summed E-state index contributed by atoms with van der Waals surface area (Å²) in [5.74, 6) is -0.264. The van der Waals surface area contributed by atoms with E-state index in [1.807, 2.05) is 34.6 Å². The van der Waals surface area contributed by atoms with E-state index in [1.54, 1.807) is 30.6 Å². The van der Waals surface area contributed by atoms with Crippen molar-refractivity contribution in [2.75, 3.05) is 6.26 Å². The Morgan fingerprint density at radius 2 is 1.79 bits per heavy atom. The second kappa shape index (κ2) is 7.27. The highest BCUT2D eigenvalue weighted by Gasteiger charge is 2.19. The van der Waals surface area contributed by atoms with Gasteiger partial charge in [0.25, 0.3) is 0 Å². The van der Waals surface area contributed by atoms with Gasteiger partial charge in [0.15, 0.2) is 0 Å². The molecule has 0 aliphatic rings. The minimum absolute atomic E-state index is 0.264. The number of pyridine rings is 1. The van der Waals surface area contributed by atoms with Crippen molar-refractivity contribution in [3.8, 4) is 22.4 Å². The van der Waals surface area contributed by atoms with E-state index in [4.69, 9.17) is 5.10 Å². The van der Waals surface area contributed by atoms with E-state index in [2.05, 4.69) is 11.6 Å². The number of hydrogen-bond acceptors (Lipinski definition) is 3. The fourth-order valence-electron chi connectivity index (χ4n) is 2.47. The number of aromatic nitrogens is 3. The molecule has 0 aliphatic heterocycles. The molecule has 2 heterocycles. The number of halogens is 1. The highest BCUT2D eigenvalue weighted by Crippen LogP contribution is 2.36. The van der Waals surface area contributed by atoms with Crippen LogP contribution in [0.2, 0.25) is 0 Å². The van der Waals surface area contributed by atoms with Crippen molar-refractivity contribution in [3.63, 3.8) is 0 Å². The normalized spacial score (nSPS) is 11.1. The summed E-state index contributed by atoms with van der Waals surface area (Å²) in [6.45, 7) is 3.73. The molecule has 24 heavy (non-hydrogen) atoms. The lowest BCUT2D eigenvalue weighted by molar-refractivity contribution is 0.628. The summed E-state index contributed by atoms with van der Waals surface area (Å²) >= 11 is 1.50. The molecule has 0 unspecified atom stereocenters. The average molecular weight is 337 g/mol. The van der Waals surface area contributed by atoms with Crippen LogP contribution >= 0.6 is 11.9 Å². The van der Waals surface area contributed by atoms with Crippen molar-refractivity contribution in [2.45, 2.75) is 0 Å². The molecular weight excluding hydrogens is 321 g/mol. The zero-order valence-electron chi connectivity index (χ0n) is 13.2. The Hall–Kier alpha value is -2.66. The summed E-state index contributed by atoms with van der Waals surface area (Å²) in [5, 5.41) is 4.71. The Labute approximate surface area is 144 Å². The molecule has 3 aromatic rings. The van der Waals surface area contributed by atoms with Crippen molar-refractivity contribution >= 4 is 18.0 Å². The fourth-order valence-corrected chi connectivity index (χ4v) is 2.98. The lowest BCUT2D eigenvalue weighted by atomic mass is 9.99. The van der Waals surface area contributed by atoms with Crippen LogP contribution in [0.15, 0.2) is 67.5 Å². The Balaban J connectivity index is 2.28.